The van der Waals surface area contributed by atoms with Crippen LogP contribution in [0.25, 0.3) is 0 Å². The van der Waals surface area contributed by atoms with Crippen LogP contribution in [-0.4, -0.2) is 40.5 Å². The van der Waals surface area contributed by atoms with Crippen molar-refractivity contribution in [2.45, 2.75) is 13.3 Å². The monoisotopic (exact) mass is 187 g/mol. The highest BCUT2D eigenvalue weighted by molar-refractivity contribution is 4.99. The van der Waals surface area contributed by atoms with Crippen LogP contribution in [0.15, 0.2) is 0 Å². The predicted molar refractivity (Wildman–Crippen MR) is 52.8 cm³/mol. The molecule has 2 atom stereocenters. The van der Waals surface area contributed by atoms with Gasteiger partial charge in [0.2, 0.25) is 0 Å². The summed E-state index contributed by atoms with van der Waals surface area (Å²) in [5.41, 5.74) is 0.439. The van der Waals surface area contributed by atoms with E-state index in [9.17, 15) is 0 Å². The Morgan fingerprint density at radius 2 is 2.15 bits per heavy atom. The van der Waals surface area contributed by atoms with Crippen molar-refractivity contribution < 1.29 is 9.47 Å². The molecule has 78 valence electrons. The van der Waals surface area contributed by atoms with E-state index < -0.39 is 0 Å². The van der Waals surface area contributed by atoms with Crippen LogP contribution < -0.4 is 5.32 Å². The molecule has 0 spiro atoms. The zero-order chi connectivity index (χ0) is 9.73. The van der Waals surface area contributed by atoms with Gasteiger partial charge in [0.15, 0.2) is 0 Å². The summed E-state index contributed by atoms with van der Waals surface area (Å²) in [5, 5.41) is 3.38. The lowest BCUT2D eigenvalue weighted by Crippen LogP contribution is -2.24. The fourth-order valence-corrected chi connectivity index (χ4v) is 1.78. The molecule has 0 saturated heterocycles. The quantitative estimate of drug-likeness (QED) is 0.601. The van der Waals surface area contributed by atoms with Gasteiger partial charge in [-0.05, 0) is 24.3 Å². The lowest BCUT2D eigenvalue weighted by molar-refractivity contribution is 0.140. The molecule has 2 unspecified atom stereocenters. The first kappa shape index (κ1) is 11.0. The van der Waals surface area contributed by atoms with Gasteiger partial charge in [0.1, 0.15) is 0 Å². The number of rotatable bonds is 7. The van der Waals surface area contributed by atoms with Crippen LogP contribution in [0, 0.1) is 11.3 Å². The van der Waals surface area contributed by atoms with Gasteiger partial charge >= 0.3 is 0 Å². The molecule has 1 aliphatic carbocycles. The molecular formula is C10H21NO2. The molecule has 0 radical (unpaired) electrons. The minimum atomic E-state index is 0.439. The van der Waals surface area contributed by atoms with Crippen LogP contribution in [-0.2, 0) is 9.47 Å². The second kappa shape index (κ2) is 4.94. The Hall–Kier alpha value is -0.120. The van der Waals surface area contributed by atoms with Gasteiger partial charge in [-0.25, -0.2) is 0 Å². The summed E-state index contributed by atoms with van der Waals surface area (Å²) in [6, 6.07) is 0. The lowest BCUT2D eigenvalue weighted by Gasteiger charge is -2.09. The van der Waals surface area contributed by atoms with Gasteiger partial charge < -0.3 is 14.8 Å². The van der Waals surface area contributed by atoms with Gasteiger partial charge in [-0.1, -0.05) is 6.92 Å². The highest BCUT2D eigenvalue weighted by atomic mass is 16.5. The Labute approximate surface area is 80.8 Å². The molecule has 0 aromatic heterocycles. The van der Waals surface area contributed by atoms with Gasteiger partial charge in [-0.2, -0.15) is 0 Å². The lowest BCUT2D eigenvalue weighted by atomic mass is 10.1. The molecule has 0 bridgehead atoms. The topological polar surface area (TPSA) is 30.5 Å². The van der Waals surface area contributed by atoms with Crippen LogP contribution in [0.4, 0.5) is 0 Å². The number of nitrogens with one attached hydrogen (secondary N) is 1. The third-order valence-corrected chi connectivity index (χ3v) is 2.89. The van der Waals surface area contributed by atoms with Gasteiger partial charge in [-0.3, -0.25) is 0 Å². The first-order valence-corrected chi connectivity index (χ1v) is 4.91. The van der Waals surface area contributed by atoms with Crippen molar-refractivity contribution >= 4 is 0 Å². The Morgan fingerprint density at radius 1 is 1.38 bits per heavy atom. The van der Waals surface area contributed by atoms with Gasteiger partial charge in [-0.15, -0.1) is 0 Å². The molecule has 1 N–H and O–H groups in total. The van der Waals surface area contributed by atoms with Crippen molar-refractivity contribution in [2.75, 3.05) is 40.5 Å². The minimum absolute atomic E-state index is 0.439. The summed E-state index contributed by atoms with van der Waals surface area (Å²) in [6.07, 6.45) is 1.29. The minimum Gasteiger partial charge on any atom is -0.384 e. The van der Waals surface area contributed by atoms with Crippen molar-refractivity contribution in [1.29, 1.82) is 0 Å². The first-order chi connectivity index (χ1) is 6.23. The Bertz CT molecular complexity index is 152. The summed E-state index contributed by atoms with van der Waals surface area (Å²) < 4.78 is 10.1. The van der Waals surface area contributed by atoms with Gasteiger partial charge in [0.05, 0.1) is 13.2 Å². The second-order valence-corrected chi connectivity index (χ2v) is 4.19. The molecule has 0 amide bonds. The molecule has 1 saturated carbocycles. The molecule has 1 aliphatic rings. The molecule has 0 heterocycles. The van der Waals surface area contributed by atoms with E-state index in [1.54, 1.807) is 14.2 Å². The number of hydrogen-bond donors (Lipinski definition) is 1. The zero-order valence-electron chi connectivity index (χ0n) is 8.93. The van der Waals surface area contributed by atoms with E-state index in [1.807, 2.05) is 0 Å². The largest absolute Gasteiger partial charge is 0.384 e. The van der Waals surface area contributed by atoms with Gasteiger partial charge in [0, 0.05) is 20.8 Å². The number of methoxy groups -OCH3 is 2. The number of ether oxygens (including phenoxy) is 2. The van der Waals surface area contributed by atoms with E-state index in [0.29, 0.717) is 5.41 Å². The van der Waals surface area contributed by atoms with Crippen molar-refractivity contribution in [3.05, 3.63) is 0 Å². The van der Waals surface area contributed by atoms with Crippen LogP contribution >= 0.6 is 0 Å². The van der Waals surface area contributed by atoms with Crippen LogP contribution in [0.5, 0.6) is 0 Å². The summed E-state index contributed by atoms with van der Waals surface area (Å²) in [6.45, 7) is 6.04. The summed E-state index contributed by atoms with van der Waals surface area (Å²) in [5.74, 6) is 0.796. The maximum atomic E-state index is 5.17. The van der Waals surface area contributed by atoms with Crippen molar-refractivity contribution in [3.63, 3.8) is 0 Å². The van der Waals surface area contributed by atoms with E-state index >= 15 is 0 Å². The van der Waals surface area contributed by atoms with Crippen LogP contribution in [0.2, 0.25) is 0 Å². The van der Waals surface area contributed by atoms with E-state index in [2.05, 4.69) is 12.2 Å². The number of hydrogen-bond acceptors (Lipinski definition) is 3. The molecule has 0 aromatic carbocycles. The normalized spacial score (nSPS) is 32.1. The van der Waals surface area contributed by atoms with E-state index in [-0.39, 0.29) is 0 Å². The summed E-state index contributed by atoms with van der Waals surface area (Å²) in [4.78, 5) is 0. The first-order valence-electron chi connectivity index (χ1n) is 4.91. The fourth-order valence-electron chi connectivity index (χ4n) is 1.78. The fraction of sp³-hybridized carbons (Fsp3) is 1.00. The smallest absolute Gasteiger partial charge is 0.0587 e. The van der Waals surface area contributed by atoms with Crippen LogP contribution in [0.1, 0.15) is 13.3 Å². The summed E-state index contributed by atoms with van der Waals surface area (Å²) >= 11 is 0. The summed E-state index contributed by atoms with van der Waals surface area (Å²) in [7, 11) is 3.51. The van der Waals surface area contributed by atoms with E-state index in [0.717, 1.165) is 32.2 Å². The molecule has 1 rings (SSSR count). The molecule has 1 fully saturated rings. The van der Waals surface area contributed by atoms with Gasteiger partial charge in [0.25, 0.3) is 0 Å². The van der Waals surface area contributed by atoms with Crippen LogP contribution in [0.3, 0.4) is 0 Å². The van der Waals surface area contributed by atoms with E-state index in [4.69, 9.17) is 9.47 Å². The molecule has 13 heavy (non-hydrogen) atoms. The third kappa shape index (κ3) is 3.25. The maximum Gasteiger partial charge on any atom is 0.0587 e. The average Bonchev–Trinajstić information content (AvgIpc) is 2.72. The molecular weight excluding hydrogens is 166 g/mol. The molecule has 3 nitrogen and oxygen atoms in total. The highest BCUT2D eigenvalue weighted by Gasteiger charge is 2.49. The second-order valence-electron chi connectivity index (χ2n) is 4.19. The Balaban J connectivity index is 2.00. The Morgan fingerprint density at radius 3 is 2.77 bits per heavy atom. The SMILES string of the molecule is COCCNCC1CC1(C)COC. The standard InChI is InChI=1S/C10H21NO2/c1-10(8-13-3)6-9(10)7-11-4-5-12-2/h9,11H,4-8H2,1-3H3. The third-order valence-electron chi connectivity index (χ3n) is 2.89. The zero-order valence-corrected chi connectivity index (χ0v) is 8.93. The highest BCUT2D eigenvalue weighted by Crippen LogP contribution is 2.51. The molecule has 0 aliphatic heterocycles. The predicted octanol–water partition coefficient (Wildman–Crippen LogP) is 0.895. The van der Waals surface area contributed by atoms with E-state index in [1.165, 1.54) is 6.42 Å². The molecule has 3 heteroatoms. The molecule has 0 aromatic rings. The van der Waals surface area contributed by atoms with Crippen molar-refractivity contribution in [3.8, 4) is 0 Å². The maximum absolute atomic E-state index is 5.17. The average molecular weight is 187 g/mol. The van der Waals surface area contributed by atoms with Crippen molar-refractivity contribution in [2.24, 2.45) is 11.3 Å². The van der Waals surface area contributed by atoms with Crippen molar-refractivity contribution in [1.82, 2.24) is 5.32 Å². The Kier molecular flexibility index (Phi) is 4.16.